The van der Waals surface area contributed by atoms with Crippen molar-refractivity contribution < 1.29 is 0 Å². The van der Waals surface area contributed by atoms with Gasteiger partial charge in [-0.15, -0.1) is 0 Å². The van der Waals surface area contributed by atoms with Gasteiger partial charge in [0, 0.05) is 0 Å². The maximum Gasteiger partial charge on any atom is 0.0598 e. The summed E-state index contributed by atoms with van der Waals surface area (Å²) in [6, 6.07) is 5.61. The van der Waals surface area contributed by atoms with E-state index in [1.165, 1.54) is 0 Å². The van der Waals surface area contributed by atoms with Gasteiger partial charge in [0.2, 0.25) is 0 Å². The van der Waals surface area contributed by atoms with Crippen molar-refractivity contribution in [3.05, 3.63) is 39.9 Å². The zero-order chi connectivity index (χ0) is 11.0. The van der Waals surface area contributed by atoms with Crippen molar-refractivity contribution in [1.29, 1.82) is 0 Å². The second-order valence-electron chi connectivity index (χ2n) is 2.48. The zero-order valence-electron chi connectivity index (χ0n) is 8.85. The molecule has 0 aromatic heterocycles. The van der Waals surface area contributed by atoms with Crippen molar-refractivity contribution in [3.8, 4) is 0 Å². The lowest BCUT2D eigenvalue weighted by Crippen LogP contribution is -1.73. The Hall–Kier alpha value is -0.460. The highest BCUT2D eigenvalue weighted by Gasteiger charge is 1.95. The van der Waals surface area contributed by atoms with Gasteiger partial charge in [0.25, 0.3) is 0 Å². The summed E-state index contributed by atoms with van der Waals surface area (Å²) in [5.74, 6) is 0. The molecule has 0 bridgehead atoms. The minimum Gasteiger partial charge on any atom is -0.0842 e. The first-order valence-electron chi connectivity index (χ1n) is 4.85. The largest absolute Gasteiger partial charge is 0.0842 e. The fourth-order valence-electron chi connectivity index (χ4n) is 0.870. The molecule has 0 unspecified atom stereocenters. The lowest BCUT2D eigenvalue weighted by molar-refractivity contribution is 1.23. The summed E-state index contributed by atoms with van der Waals surface area (Å²) in [6.07, 6.45) is 5.14. The topological polar surface area (TPSA) is 0 Å². The first-order valence-corrected chi connectivity index (χ1v) is 5.61. The van der Waals surface area contributed by atoms with Crippen molar-refractivity contribution in [1.82, 2.24) is 0 Å². The number of hydrogen-bond donors (Lipinski definition) is 0. The standard InChI is InChI=1S/C10H10Cl2.C2H6/c1-2-3-4-8-5-6-9(11)10(12)7-8;1-2/h3-7H,2H2,1H3;1-2H3/b4-3+;. The Morgan fingerprint density at radius 3 is 2.29 bits per heavy atom. The van der Waals surface area contributed by atoms with E-state index in [0.29, 0.717) is 10.0 Å². The van der Waals surface area contributed by atoms with Crippen LogP contribution in [-0.2, 0) is 0 Å². The average molecular weight is 231 g/mol. The lowest BCUT2D eigenvalue weighted by atomic mass is 10.2. The summed E-state index contributed by atoms with van der Waals surface area (Å²) in [4.78, 5) is 0. The third-order valence-electron chi connectivity index (χ3n) is 1.49. The molecule has 0 radical (unpaired) electrons. The van der Waals surface area contributed by atoms with E-state index in [-0.39, 0.29) is 0 Å². The van der Waals surface area contributed by atoms with Crippen LogP contribution in [0, 0.1) is 0 Å². The Balaban J connectivity index is 0.000000791. The molecule has 1 rings (SSSR count). The Bertz CT molecular complexity index is 290. The molecule has 0 aliphatic carbocycles. The van der Waals surface area contributed by atoms with Crippen molar-refractivity contribution in [2.24, 2.45) is 0 Å². The van der Waals surface area contributed by atoms with E-state index >= 15 is 0 Å². The van der Waals surface area contributed by atoms with E-state index in [1.54, 1.807) is 6.07 Å². The highest BCUT2D eigenvalue weighted by molar-refractivity contribution is 6.42. The molecule has 0 heterocycles. The van der Waals surface area contributed by atoms with Gasteiger partial charge < -0.3 is 0 Å². The van der Waals surface area contributed by atoms with Crippen LogP contribution in [0.1, 0.15) is 32.8 Å². The number of allylic oxidation sites excluding steroid dienone is 1. The maximum atomic E-state index is 5.83. The molecular formula is C12H16Cl2. The average Bonchev–Trinajstić information content (AvgIpc) is 2.23. The third-order valence-corrected chi connectivity index (χ3v) is 2.23. The van der Waals surface area contributed by atoms with Crippen LogP contribution in [-0.4, -0.2) is 0 Å². The minimum absolute atomic E-state index is 0.602. The molecule has 1 aromatic carbocycles. The molecule has 0 saturated heterocycles. The molecule has 0 spiro atoms. The number of hydrogen-bond acceptors (Lipinski definition) is 0. The second kappa shape index (κ2) is 7.90. The van der Waals surface area contributed by atoms with Crippen LogP contribution >= 0.6 is 23.2 Å². The maximum absolute atomic E-state index is 5.83. The number of benzene rings is 1. The molecule has 0 fully saturated rings. The summed E-state index contributed by atoms with van der Waals surface area (Å²) >= 11 is 11.6. The summed E-state index contributed by atoms with van der Waals surface area (Å²) in [5, 5.41) is 1.21. The van der Waals surface area contributed by atoms with Gasteiger partial charge in [0.1, 0.15) is 0 Å². The molecule has 78 valence electrons. The fourth-order valence-corrected chi connectivity index (χ4v) is 1.18. The highest BCUT2D eigenvalue weighted by Crippen LogP contribution is 2.23. The van der Waals surface area contributed by atoms with Crippen molar-refractivity contribution in [2.75, 3.05) is 0 Å². The molecule has 0 amide bonds. The molecule has 0 aliphatic heterocycles. The van der Waals surface area contributed by atoms with E-state index in [2.05, 4.69) is 13.0 Å². The van der Waals surface area contributed by atoms with Crippen LogP contribution in [0.2, 0.25) is 10.0 Å². The first kappa shape index (κ1) is 13.5. The molecule has 2 heteroatoms. The first-order chi connectivity index (χ1) is 6.74. The Kier molecular flexibility index (Phi) is 7.64. The minimum atomic E-state index is 0.602. The molecule has 0 nitrogen and oxygen atoms in total. The Morgan fingerprint density at radius 2 is 1.79 bits per heavy atom. The van der Waals surface area contributed by atoms with E-state index < -0.39 is 0 Å². The lowest BCUT2D eigenvalue weighted by Gasteiger charge is -1.96. The SMILES string of the molecule is CC.CC/C=C/c1ccc(Cl)c(Cl)c1. The van der Waals surface area contributed by atoms with Crippen LogP contribution in [0.15, 0.2) is 24.3 Å². The molecule has 14 heavy (non-hydrogen) atoms. The van der Waals surface area contributed by atoms with E-state index in [1.807, 2.05) is 32.1 Å². The summed E-state index contributed by atoms with van der Waals surface area (Å²) in [6.45, 7) is 6.09. The van der Waals surface area contributed by atoms with Crippen molar-refractivity contribution >= 4 is 29.3 Å². The van der Waals surface area contributed by atoms with Crippen LogP contribution in [0.25, 0.3) is 6.08 Å². The Morgan fingerprint density at radius 1 is 1.14 bits per heavy atom. The van der Waals surface area contributed by atoms with E-state index in [0.717, 1.165) is 12.0 Å². The predicted molar refractivity (Wildman–Crippen MR) is 67.1 cm³/mol. The van der Waals surface area contributed by atoms with Gasteiger partial charge in [0.05, 0.1) is 10.0 Å². The fraction of sp³-hybridized carbons (Fsp3) is 0.333. The second-order valence-corrected chi connectivity index (χ2v) is 3.30. The predicted octanol–water partition coefficient (Wildman–Crippen LogP) is 5.44. The van der Waals surface area contributed by atoms with E-state index in [9.17, 15) is 0 Å². The van der Waals surface area contributed by atoms with Gasteiger partial charge in [0.15, 0.2) is 0 Å². The number of halogens is 2. The van der Waals surface area contributed by atoms with Crippen LogP contribution in [0.4, 0.5) is 0 Å². The summed E-state index contributed by atoms with van der Waals surface area (Å²) in [5.41, 5.74) is 1.09. The van der Waals surface area contributed by atoms with Crippen LogP contribution < -0.4 is 0 Å². The normalized spacial score (nSPS) is 9.79. The highest BCUT2D eigenvalue weighted by atomic mass is 35.5. The monoisotopic (exact) mass is 230 g/mol. The van der Waals surface area contributed by atoms with Gasteiger partial charge >= 0.3 is 0 Å². The van der Waals surface area contributed by atoms with Gasteiger partial charge in [-0.25, -0.2) is 0 Å². The molecule has 1 aromatic rings. The summed E-state index contributed by atoms with van der Waals surface area (Å²) < 4.78 is 0. The number of rotatable bonds is 2. The van der Waals surface area contributed by atoms with Crippen molar-refractivity contribution in [2.45, 2.75) is 27.2 Å². The van der Waals surface area contributed by atoms with Crippen molar-refractivity contribution in [3.63, 3.8) is 0 Å². The molecule has 0 atom stereocenters. The van der Waals surface area contributed by atoms with Gasteiger partial charge in [-0.1, -0.05) is 62.2 Å². The van der Waals surface area contributed by atoms with Gasteiger partial charge in [-0.3, -0.25) is 0 Å². The molecule has 0 N–H and O–H groups in total. The zero-order valence-corrected chi connectivity index (χ0v) is 10.4. The molecule has 0 aliphatic rings. The Labute approximate surface area is 96.5 Å². The quantitative estimate of drug-likeness (QED) is 0.635. The van der Waals surface area contributed by atoms with Gasteiger partial charge in [-0.05, 0) is 24.1 Å². The molecule has 0 saturated carbocycles. The third kappa shape index (κ3) is 4.69. The smallest absolute Gasteiger partial charge is 0.0598 e. The summed E-state index contributed by atoms with van der Waals surface area (Å²) in [7, 11) is 0. The molecular weight excluding hydrogens is 215 g/mol. The van der Waals surface area contributed by atoms with Crippen LogP contribution in [0.5, 0.6) is 0 Å². The van der Waals surface area contributed by atoms with E-state index in [4.69, 9.17) is 23.2 Å². The van der Waals surface area contributed by atoms with Crippen LogP contribution in [0.3, 0.4) is 0 Å². The van der Waals surface area contributed by atoms with Gasteiger partial charge in [-0.2, -0.15) is 0 Å².